The summed E-state index contributed by atoms with van der Waals surface area (Å²) in [7, 11) is 5.79. The molecule has 0 fully saturated rings. The smallest absolute Gasteiger partial charge is 0.414 e. The number of hydrogen-bond donors (Lipinski definition) is 3. The Balaban J connectivity index is 0.000000379. The number of amides is 1. The second kappa shape index (κ2) is 7.95. The van der Waals surface area contributed by atoms with E-state index in [4.69, 9.17) is 19.8 Å². The molecule has 0 saturated carbocycles. The number of aromatic nitrogens is 1. The van der Waals surface area contributed by atoms with E-state index in [2.05, 4.69) is 5.32 Å². The molecule has 1 heterocycles. The largest absolute Gasteiger partial charge is 0.473 e. The van der Waals surface area contributed by atoms with Gasteiger partial charge in [-0.2, -0.15) is 0 Å². The summed E-state index contributed by atoms with van der Waals surface area (Å²) in [4.78, 5) is 32.1. The summed E-state index contributed by atoms with van der Waals surface area (Å²) in [6, 6.07) is 7.91. The first kappa shape index (κ1) is 18.2. The van der Waals surface area contributed by atoms with Crippen molar-refractivity contribution in [2.24, 2.45) is 7.05 Å². The molecule has 8 nitrogen and oxygen atoms in total. The van der Waals surface area contributed by atoms with Crippen LogP contribution in [0.5, 0.6) is 0 Å². The molecule has 3 N–H and O–H groups in total. The highest BCUT2D eigenvalue weighted by atomic mass is 16.4. The van der Waals surface area contributed by atoms with E-state index >= 15 is 0 Å². The number of rotatable bonds is 3. The maximum absolute atomic E-state index is 12.0. The number of hydrogen-bond acceptors (Lipinski definition) is 4. The highest BCUT2D eigenvalue weighted by molar-refractivity contribution is 6.27. The minimum Gasteiger partial charge on any atom is -0.473 e. The molecular formula is C15H19N3O5. The number of carboxylic acid groups (broad SMARTS) is 2. The molecule has 0 atom stereocenters. The highest BCUT2D eigenvalue weighted by Gasteiger charge is 2.12. The number of nitrogens with zero attached hydrogens (tertiary/aromatic N) is 2. The summed E-state index contributed by atoms with van der Waals surface area (Å²) in [6.45, 7) is 0.544. The van der Waals surface area contributed by atoms with Gasteiger partial charge in [0.05, 0.1) is 12.2 Å². The van der Waals surface area contributed by atoms with Crippen molar-refractivity contribution >= 4 is 28.7 Å². The molecule has 0 radical (unpaired) electrons. The van der Waals surface area contributed by atoms with Gasteiger partial charge < -0.3 is 20.1 Å². The summed E-state index contributed by atoms with van der Waals surface area (Å²) >= 11 is 0. The fourth-order valence-corrected chi connectivity index (χ4v) is 1.85. The Morgan fingerprint density at radius 1 is 1.13 bits per heavy atom. The predicted molar refractivity (Wildman–Crippen MR) is 84.2 cm³/mol. The molecule has 0 aliphatic carbocycles. The van der Waals surface area contributed by atoms with E-state index in [1.54, 1.807) is 0 Å². The second-order valence-corrected chi connectivity index (χ2v) is 5.02. The summed E-state index contributed by atoms with van der Waals surface area (Å²) < 4.78 is 1.97. The second-order valence-electron chi connectivity index (χ2n) is 5.02. The van der Waals surface area contributed by atoms with Crippen molar-refractivity contribution in [1.82, 2.24) is 14.8 Å². The molecule has 1 aromatic carbocycles. The van der Waals surface area contributed by atoms with Crippen LogP contribution in [0.2, 0.25) is 0 Å². The van der Waals surface area contributed by atoms with Crippen LogP contribution in [-0.4, -0.2) is 58.3 Å². The highest BCUT2D eigenvalue weighted by Crippen LogP contribution is 2.19. The van der Waals surface area contributed by atoms with Crippen molar-refractivity contribution in [3.05, 3.63) is 36.0 Å². The Hall–Kier alpha value is -2.87. The first-order chi connectivity index (χ1) is 10.7. The van der Waals surface area contributed by atoms with Crippen LogP contribution in [-0.2, 0) is 16.6 Å². The zero-order valence-electron chi connectivity index (χ0n) is 13.1. The Labute approximate surface area is 132 Å². The van der Waals surface area contributed by atoms with Crippen LogP contribution in [0.25, 0.3) is 10.9 Å². The van der Waals surface area contributed by atoms with Crippen LogP contribution in [0.15, 0.2) is 30.5 Å². The van der Waals surface area contributed by atoms with Gasteiger partial charge in [0, 0.05) is 24.1 Å². The van der Waals surface area contributed by atoms with Crippen LogP contribution in [0.4, 0.5) is 0 Å². The lowest BCUT2D eigenvalue weighted by molar-refractivity contribution is -0.159. The summed E-state index contributed by atoms with van der Waals surface area (Å²) in [5.41, 5.74) is 1.80. The van der Waals surface area contributed by atoms with Crippen molar-refractivity contribution in [2.45, 2.75) is 0 Å². The number of para-hydroxylation sites is 1. The molecule has 0 unspecified atom stereocenters. The average molecular weight is 321 g/mol. The van der Waals surface area contributed by atoms with Gasteiger partial charge in [0.2, 0.25) is 0 Å². The monoisotopic (exact) mass is 321 g/mol. The standard InChI is InChI=1S/C13H17N3O.C2H2O4/c1-15(2)9-14-13(17)11-8-16(3)12-7-5-4-6-10(11)12;3-1(4)2(5)6/h4-8H,9H2,1-3H3,(H,14,17);(H,3,4)(H,5,6). The molecule has 2 rings (SSSR count). The number of nitrogens with one attached hydrogen (secondary N) is 1. The van der Waals surface area contributed by atoms with E-state index in [1.807, 2.05) is 61.1 Å². The van der Waals surface area contributed by atoms with E-state index in [0.29, 0.717) is 6.67 Å². The Morgan fingerprint density at radius 3 is 2.22 bits per heavy atom. The van der Waals surface area contributed by atoms with Crippen molar-refractivity contribution in [1.29, 1.82) is 0 Å². The van der Waals surface area contributed by atoms with Gasteiger partial charge in [-0.15, -0.1) is 0 Å². The van der Waals surface area contributed by atoms with Crippen LogP contribution in [0, 0.1) is 0 Å². The molecule has 1 amide bonds. The van der Waals surface area contributed by atoms with Crippen molar-refractivity contribution in [2.75, 3.05) is 20.8 Å². The lowest BCUT2D eigenvalue weighted by atomic mass is 10.1. The summed E-state index contributed by atoms with van der Waals surface area (Å²) in [5, 5.41) is 18.7. The number of carbonyl (C=O) groups excluding carboxylic acids is 1. The van der Waals surface area contributed by atoms with Crippen LogP contribution in [0.3, 0.4) is 0 Å². The molecule has 0 aliphatic rings. The SMILES string of the molecule is CN(C)CNC(=O)c1cn(C)c2ccccc12.O=C(O)C(=O)O. The topological polar surface area (TPSA) is 112 Å². The van der Waals surface area contributed by atoms with E-state index in [9.17, 15) is 4.79 Å². The summed E-state index contributed by atoms with van der Waals surface area (Å²) in [6.07, 6.45) is 1.87. The van der Waals surface area contributed by atoms with E-state index in [0.717, 1.165) is 16.5 Å². The van der Waals surface area contributed by atoms with Crippen molar-refractivity contribution in [3.8, 4) is 0 Å². The fraction of sp³-hybridized carbons (Fsp3) is 0.267. The molecule has 2 aromatic rings. The number of carbonyl (C=O) groups is 3. The van der Waals surface area contributed by atoms with Crippen LogP contribution in [0.1, 0.15) is 10.4 Å². The van der Waals surface area contributed by atoms with Crippen LogP contribution >= 0.6 is 0 Å². The summed E-state index contributed by atoms with van der Waals surface area (Å²) in [5.74, 6) is -3.68. The predicted octanol–water partition coefficient (Wildman–Crippen LogP) is 0.583. The fourth-order valence-electron chi connectivity index (χ4n) is 1.85. The number of fused-ring (bicyclic) bond motifs is 1. The molecule has 0 spiro atoms. The quantitative estimate of drug-likeness (QED) is 0.563. The average Bonchev–Trinajstić information content (AvgIpc) is 2.83. The van der Waals surface area contributed by atoms with Crippen molar-refractivity contribution in [3.63, 3.8) is 0 Å². The lowest BCUT2D eigenvalue weighted by Crippen LogP contribution is -2.32. The third-order valence-electron chi connectivity index (χ3n) is 2.88. The Kier molecular flexibility index (Phi) is 6.28. The molecule has 8 heteroatoms. The Bertz CT molecular complexity index is 709. The maximum Gasteiger partial charge on any atom is 0.414 e. The Morgan fingerprint density at radius 2 is 1.70 bits per heavy atom. The number of benzene rings is 1. The number of aryl methyl sites for hydroxylation is 1. The number of carboxylic acids is 2. The maximum atomic E-state index is 12.0. The van der Waals surface area contributed by atoms with E-state index in [-0.39, 0.29) is 5.91 Å². The van der Waals surface area contributed by atoms with E-state index < -0.39 is 11.9 Å². The minimum absolute atomic E-state index is 0.0319. The lowest BCUT2D eigenvalue weighted by Gasteiger charge is -2.10. The molecule has 23 heavy (non-hydrogen) atoms. The molecule has 0 aliphatic heterocycles. The van der Waals surface area contributed by atoms with Gasteiger partial charge in [0.15, 0.2) is 0 Å². The van der Waals surface area contributed by atoms with E-state index in [1.165, 1.54) is 0 Å². The third kappa shape index (κ3) is 5.11. The molecule has 0 bridgehead atoms. The van der Waals surface area contributed by atoms with Crippen molar-refractivity contribution < 1.29 is 24.6 Å². The number of aliphatic carboxylic acids is 2. The first-order valence-corrected chi connectivity index (χ1v) is 6.67. The molecule has 1 aromatic heterocycles. The minimum atomic E-state index is -1.82. The van der Waals surface area contributed by atoms with Gasteiger partial charge in [-0.25, -0.2) is 9.59 Å². The molecular weight excluding hydrogens is 302 g/mol. The zero-order valence-corrected chi connectivity index (χ0v) is 13.1. The molecule has 0 saturated heterocycles. The van der Waals surface area contributed by atoms with Gasteiger partial charge in [0.25, 0.3) is 5.91 Å². The third-order valence-corrected chi connectivity index (χ3v) is 2.88. The van der Waals surface area contributed by atoms with Gasteiger partial charge in [-0.1, -0.05) is 18.2 Å². The van der Waals surface area contributed by atoms with Crippen LogP contribution < -0.4 is 5.32 Å². The normalized spacial score (nSPS) is 10.1. The first-order valence-electron chi connectivity index (χ1n) is 6.67. The van der Waals surface area contributed by atoms with Gasteiger partial charge >= 0.3 is 11.9 Å². The molecule has 124 valence electrons. The van der Waals surface area contributed by atoms with Gasteiger partial charge in [-0.3, -0.25) is 9.69 Å². The zero-order chi connectivity index (χ0) is 17.6. The van der Waals surface area contributed by atoms with Gasteiger partial charge in [-0.05, 0) is 20.2 Å². The van der Waals surface area contributed by atoms with Gasteiger partial charge in [0.1, 0.15) is 0 Å².